The number of esters is 1. The van der Waals surface area contributed by atoms with Gasteiger partial charge >= 0.3 is 5.97 Å². The average Bonchev–Trinajstić information content (AvgIpc) is 2.27. The molecule has 2 fully saturated rings. The number of carbonyl (C=O) groups is 1. The van der Waals surface area contributed by atoms with Crippen molar-refractivity contribution in [3.05, 3.63) is 0 Å². The van der Waals surface area contributed by atoms with Crippen LogP contribution in [0.3, 0.4) is 0 Å². The third kappa shape index (κ3) is 1.99. The van der Waals surface area contributed by atoms with Gasteiger partial charge in [0, 0.05) is 0 Å². The van der Waals surface area contributed by atoms with Crippen LogP contribution in [0.2, 0.25) is 0 Å². The predicted octanol–water partition coefficient (Wildman–Crippen LogP) is 3.40. The highest BCUT2D eigenvalue weighted by Crippen LogP contribution is 2.53. The fraction of sp³-hybridized carbons (Fsp3) is 0.929. The molecule has 0 amide bonds. The van der Waals surface area contributed by atoms with Crippen LogP contribution < -0.4 is 0 Å². The molecule has 0 aromatic rings. The number of carbonyl (C=O) groups excluding carboxylic acids is 1. The molecule has 0 N–H and O–H groups in total. The largest absolute Gasteiger partial charge is 0.469 e. The van der Waals surface area contributed by atoms with Crippen LogP contribution in [0.4, 0.5) is 0 Å². The molecule has 0 bridgehead atoms. The summed E-state index contributed by atoms with van der Waals surface area (Å²) in [4.78, 5) is 11.9. The highest BCUT2D eigenvalue weighted by Gasteiger charge is 2.47. The van der Waals surface area contributed by atoms with Crippen LogP contribution in [0, 0.1) is 23.2 Å². The van der Waals surface area contributed by atoms with Gasteiger partial charge in [-0.05, 0) is 30.1 Å². The third-order valence-corrected chi connectivity index (χ3v) is 4.83. The molecule has 0 heterocycles. The van der Waals surface area contributed by atoms with Gasteiger partial charge in [-0.3, -0.25) is 4.79 Å². The Morgan fingerprint density at radius 2 is 1.88 bits per heavy atom. The zero-order valence-corrected chi connectivity index (χ0v) is 10.8. The highest BCUT2D eigenvalue weighted by molar-refractivity contribution is 5.73. The number of hydrogen-bond donors (Lipinski definition) is 0. The van der Waals surface area contributed by atoms with Crippen LogP contribution in [-0.2, 0) is 9.53 Å². The Morgan fingerprint density at radius 1 is 1.19 bits per heavy atom. The van der Waals surface area contributed by atoms with E-state index in [1.807, 2.05) is 0 Å². The molecule has 2 aliphatic rings. The lowest BCUT2D eigenvalue weighted by molar-refractivity contribution is -0.154. The van der Waals surface area contributed by atoms with Gasteiger partial charge in [-0.1, -0.05) is 39.5 Å². The summed E-state index contributed by atoms with van der Waals surface area (Å²) in [6, 6.07) is 0. The number of methoxy groups -OCH3 is 1. The monoisotopic (exact) mass is 224 g/mol. The minimum Gasteiger partial charge on any atom is -0.469 e. The Labute approximate surface area is 98.7 Å². The Morgan fingerprint density at radius 3 is 2.56 bits per heavy atom. The number of ether oxygens (including phenoxy) is 1. The fourth-order valence-electron chi connectivity index (χ4n) is 4.20. The van der Waals surface area contributed by atoms with E-state index in [4.69, 9.17) is 4.74 Å². The molecule has 2 rings (SSSR count). The van der Waals surface area contributed by atoms with Crippen LogP contribution >= 0.6 is 0 Å². The summed E-state index contributed by atoms with van der Waals surface area (Å²) in [6.45, 7) is 4.68. The van der Waals surface area contributed by atoms with E-state index in [-0.39, 0.29) is 11.9 Å². The van der Waals surface area contributed by atoms with Gasteiger partial charge in [0.1, 0.15) is 0 Å². The van der Waals surface area contributed by atoms with Crippen molar-refractivity contribution in [2.24, 2.45) is 23.2 Å². The third-order valence-electron chi connectivity index (χ3n) is 4.83. The van der Waals surface area contributed by atoms with Gasteiger partial charge < -0.3 is 4.74 Å². The zero-order valence-electron chi connectivity index (χ0n) is 10.8. The molecule has 2 aliphatic carbocycles. The molecule has 0 radical (unpaired) electrons. The number of fused-ring (bicyclic) bond motifs is 1. The van der Waals surface area contributed by atoms with Gasteiger partial charge in [0.2, 0.25) is 0 Å². The SMILES string of the molecule is COC(=O)C1CCCC2CCCC(C)(C)C21. The first-order valence-electron chi connectivity index (χ1n) is 6.64. The van der Waals surface area contributed by atoms with Gasteiger partial charge in [0.15, 0.2) is 0 Å². The molecule has 2 nitrogen and oxygen atoms in total. The van der Waals surface area contributed by atoms with Crippen molar-refractivity contribution in [3.63, 3.8) is 0 Å². The maximum absolute atomic E-state index is 11.9. The van der Waals surface area contributed by atoms with Gasteiger partial charge in [-0.2, -0.15) is 0 Å². The lowest BCUT2D eigenvalue weighted by atomic mass is 9.55. The van der Waals surface area contributed by atoms with E-state index in [1.54, 1.807) is 0 Å². The van der Waals surface area contributed by atoms with Crippen LogP contribution in [0.5, 0.6) is 0 Å². The second-order valence-electron chi connectivity index (χ2n) is 6.23. The van der Waals surface area contributed by atoms with Crippen LogP contribution in [0.1, 0.15) is 52.4 Å². The standard InChI is InChI=1S/C14H24O2/c1-14(2)9-5-7-10-6-4-8-11(12(10)14)13(15)16-3/h10-12H,4-9H2,1-3H3. The summed E-state index contributed by atoms with van der Waals surface area (Å²) < 4.78 is 4.99. The minimum atomic E-state index is 0.0321. The Kier molecular flexibility index (Phi) is 3.27. The van der Waals surface area contributed by atoms with Crippen LogP contribution in [0.15, 0.2) is 0 Å². The quantitative estimate of drug-likeness (QED) is 0.638. The molecule has 3 atom stereocenters. The highest BCUT2D eigenvalue weighted by atomic mass is 16.5. The smallest absolute Gasteiger partial charge is 0.308 e. The fourth-order valence-corrected chi connectivity index (χ4v) is 4.20. The van der Waals surface area contributed by atoms with Crippen molar-refractivity contribution in [2.75, 3.05) is 7.11 Å². The molecule has 0 aliphatic heterocycles. The van der Waals surface area contributed by atoms with E-state index in [0.29, 0.717) is 11.3 Å². The van der Waals surface area contributed by atoms with E-state index in [9.17, 15) is 4.79 Å². The molecular weight excluding hydrogens is 200 g/mol. The second kappa shape index (κ2) is 4.38. The van der Waals surface area contributed by atoms with Crippen molar-refractivity contribution in [1.82, 2.24) is 0 Å². The van der Waals surface area contributed by atoms with E-state index < -0.39 is 0 Å². The van der Waals surface area contributed by atoms with Crippen LogP contribution in [-0.4, -0.2) is 13.1 Å². The molecule has 2 saturated carbocycles. The Bertz CT molecular complexity index is 268. The summed E-state index contributed by atoms with van der Waals surface area (Å²) in [7, 11) is 1.53. The van der Waals surface area contributed by atoms with Crippen molar-refractivity contribution in [1.29, 1.82) is 0 Å². The first kappa shape index (κ1) is 11.9. The van der Waals surface area contributed by atoms with E-state index in [1.165, 1.54) is 39.2 Å². The zero-order chi connectivity index (χ0) is 11.8. The van der Waals surface area contributed by atoms with Crippen molar-refractivity contribution in [3.8, 4) is 0 Å². The molecule has 2 heteroatoms. The summed E-state index contributed by atoms with van der Waals surface area (Å²) in [5, 5.41) is 0. The molecule has 92 valence electrons. The molecule has 3 unspecified atom stereocenters. The molecule has 16 heavy (non-hydrogen) atoms. The maximum atomic E-state index is 11.9. The van der Waals surface area contributed by atoms with Gasteiger partial charge in [0.25, 0.3) is 0 Å². The van der Waals surface area contributed by atoms with Crippen LogP contribution in [0.25, 0.3) is 0 Å². The Balaban J connectivity index is 2.22. The maximum Gasteiger partial charge on any atom is 0.308 e. The molecule has 0 aromatic carbocycles. The van der Waals surface area contributed by atoms with Crippen molar-refractivity contribution >= 4 is 5.97 Å². The number of rotatable bonds is 1. The van der Waals surface area contributed by atoms with E-state index >= 15 is 0 Å². The lowest BCUT2D eigenvalue weighted by Crippen LogP contribution is -2.45. The Hall–Kier alpha value is -0.530. The first-order valence-corrected chi connectivity index (χ1v) is 6.64. The molecule has 0 spiro atoms. The van der Waals surface area contributed by atoms with E-state index in [2.05, 4.69) is 13.8 Å². The van der Waals surface area contributed by atoms with Gasteiger partial charge in [0.05, 0.1) is 13.0 Å². The molecule has 0 saturated heterocycles. The summed E-state index contributed by atoms with van der Waals surface area (Å²) in [5.41, 5.74) is 0.322. The average molecular weight is 224 g/mol. The first-order chi connectivity index (χ1) is 7.56. The van der Waals surface area contributed by atoms with Crippen molar-refractivity contribution in [2.45, 2.75) is 52.4 Å². The predicted molar refractivity (Wildman–Crippen MR) is 64.0 cm³/mol. The van der Waals surface area contributed by atoms with Crippen molar-refractivity contribution < 1.29 is 9.53 Å². The van der Waals surface area contributed by atoms with E-state index in [0.717, 1.165) is 12.3 Å². The number of hydrogen-bond acceptors (Lipinski definition) is 2. The normalized spacial score (nSPS) is 37.6. The summed E-state index contributed by atoms with van der Waals surface area (Å²) in [6.07, 6.45) is 7.49. The minimum absolute atomic E-state index is 0.0321. The van der Waals surface area contributed by atoms with Gasteiger partial charge in [-0.15, -0.1) is 0 Å². The molecular formula is C14H24O2. The topological polar surface area (TPSA) is 26.3 Å². The molecule has 0 aromatic heterocycles. The lowest BCUT2D eigenvalue weighted by Gasteiger charge is -2.49. The summed E-state index contributed by atoms with van der Waals surface area (Å²) in [5.74, 6) is 1.52. The second-order valence-corrected chi connectivity index (χ2v) is 6.23. The van der Waals surface area contributed by atoms with Gasteiger partial charge in [-0.25, -0.2) is 0 Å². The summed E-state index contributed by atoms with van der Waals surface area (Å²) >= 11 is 0.